The molecule has 1 aromatic rings. The lowest BCUT2D eigenvalue weighted by Crippen LogP contribution is -2.42. The van der Waals surface area contributed by atoms with Crippen molar-refractivity contribution in [2.75, 3.05) is 52.9 Å². The molecule has 0 aromatic heterocycles. The first-order valence-corrected chi connectivity index (χ1v) is 11.7. The summed E-state index contributed by atoms with van der Waals surface area (Å²) in [6.45, 7) is 12.1. The van der Waals surface area contributed by atoms with Crippen LogP contribution in [0.4, 0.5) is 0 Å². The van der Waals surface area contributed by atoms with E-state index in [0.717, 1.165) is 32.1 Å². The number of benzene rings is 1. The first kappa shape index (κ1) is 20.7. The quantitative estimate of drug-likeness (QED) is 0.611. The lowest BCUT2D eigenvalue weighted by atomic mass is 9.68. The summed E-state index contributed by atoms with van der Waals surface area (Å²) in [5.41, 5.74) is 3.33. The summed E-state index contributed by atoms with van der Waals surface area (Å²) in [6.07, 6.45) is 6.87. The molecule has 1 aliphatic carbocycles. The van der Waals surface area contributed by atoms with Crippen LogP contribution in [0.1, 0.15) is 50.2 Å². The van der Waals surface area contributed by atoms with Crippen LogP contribution in [-0.4, -0.2) is 73.5 Å². The van der Waals surface area contributed by atoms with Gasteiger partial charge in [0, 0.05) is 39.3 Å². The van der Waals surface area contributed by atoms with Crippen LogP contribution in [0.3, 0.4) is 0 Å². The zero-order valence-electron chi connectivity index (χ0n) is 18.5. The fourth-order valence-electron chi connectivity index (χ4n) is 5.06. The lowest BCUT2D eigenvalue weighted by Gasteiger charge is -2.38. The van der Waals surface area contributed by atoms with Gasteiger partial charge in [-0.3, -0.25) is 4.90 Å². The lowest BCUT2D eigenvalue weighted by molar-refractivity contribution is 0.151. The minimum absolute atomic E-state index is 0.611. The summed E-state index contributed by atoms with van der Waals surface area (Å²) in [5.74, 6) is 1.11. The van der Waals surface area contributed by atoms with Gasteiger partial charge in [-0.2, -0.15) is 0 Å². The monoisotopic (exact) mass is 397 g/mol. The van der Waals surface area contributed by atoms with E-state index >= 15 is 0 Å². The summed E-state index contributed by atoms with van der Waals surface area (Å²) >= 11 is 0. The number of nitrogens with zero attached hydrogens (tertiary/aromatic N) is 4. The summed E-state index contributed by atoms with van der Waals surface area (Å²) in [7, 11) is 2.23. The molecule has 2 saturated heterocycles. The minimum atomic E-state index is 0.611. The van der Waals surface area contributed by atoms with E-state index in [0.29, 0.717) is 5.41 Å². The van der Waals surface area contributed by atoms with Crippen LogP contribution in [0, 0.1) is 5.41 Å². The van der Waals surface area contributed by atoms with Crippen LogP contribution in [-0.2, 0) is 13.1 Å². The number of guanidine groups is 1. The molecule has 5 nitrogen and oxygen atoms in total. The summed E-state index contributed by atoms with van der Waals surface area (Å²) in [4.78, 5) is 12.5. The minimum Gasteiger partial charge on any atom is -0.357 e. The molecule has 5 heteroatoms. The Morgan fingerprint density at radius 1 is 0.966 bits per heavy atom. The van der Waals surface area contributed by atoms with Crippen LogP contribution < -0.4 is 5.32 Å². The molecular weight excluding hydrogens is 358 g/mol. The fraction of sp³-hybridized carbons (Fsp3) is 0.708. The normalized spacial score (nSPS) is 23.2. The van der Waals surface area contributed by atoms with E-state index in [1.807, 2.05) is 0 Å². The standard InChI is InChI=1S/C24H39N5/c1-3-25-23(29-15-12-24(20-29)10-4-11-24)26-18-21-6-8-22(9-7-21)19-28-14-5-13-27(2)16-17-28/h6-9H,3-5,10-20H2,1-2H3,(H,25,26). The van der Waals surface area contributed by atoms with Gasteiger partial charge in [-0.25, -0.2) is 4.99 Å². The smallest absolute Gasteiger partial charge is 0.194 e. The molecule has 2 heterocycles. The molecule has 2 aliphatic heterocycles. The van der Waals surface area contributed by atoms with E-state index < -0.39 is 0 Å². The second-order valence-electron chi connectivity index (χ2n) is 9.44. The maximum absolute atomic E-state index is 4.97. The van der Waals surface area contributed by atoms with Crippen molar-refractivity contribution in [2.24, 2.45) is 10.4 Å². The molecule has 3 fully saturated rings. The average Bonchev–Trinajstić information content (AvgIpc) is 3.07. The average molecular weight is 398 g/mol. The van der Waals surface area contributed by atoms with Crippen molar-refractivity contribution in [1.29, 1.82) is 0 Å². The molecule has 1 N–H and O–H groups in total. The highest BCUT2D eigenvalue weighted by Gasteiger charge is 2.43. The van der Waals surface area contributed by atoms with Gasteiger partial charge in [0.15, 0.2) is 5.96 Å². The third-order valence-electron chi connectivity index (χ3n) is 7.14. The molecule has 1 spiro atoms. The topological polar surface area (TPSA) is 34.1 Å². The van der Waals surface area contributed by atoms with Crippen LogP contribution in [0.15, 0.2) is 29.3 Å². The Balaban J connectivity index is 1.32. The van der Waals surface area contributed by atoms with Crippen molar-refractivity contribution in [3.63, 3.8) is 0 Å². The number of likely N-dealkylation sites (N-methyl/N-ethyl adjacent to an activating group) is 1. The molecular formula is C24H39N5. The van der Waals surface area contributed by atoms with Crippen LogP contribution in [0.5, 0.6) is 0 Å². The highest BCUT2D eigenvalue weighted by Crippen LogP contribution is 2.47. The molecule has 1 saturated carbocycles. The van der Waals surface area contributed by atoms with E-state index in [1.165, 1.54) is 76.0 Å². The van der Waals surface area contributed by atoms with E-state index in [2.05, 4.69) is 58.3 Å². The van der Waals surface area contributed by atoms with E-state index in [1.54, 1.807) is 0 Å². The summed E-state index contributed by atoms with van der Waals surface area (Å²) < 4.78 is 0. The number of nitrogens with one attached hydrogen (secondary N) is 1. The fourth-order valence-corrected chi connectivity index (χ4v) is 5.06. The highest BCUT2D eigenvalue weighted by atomic mass is 15.3. The van der Waals surface area contributed by atoms with Gasteiger partial charge in [-0.05, 0) is 69.3 Å². The van der Waals surface area contributed by atoms with Gasteiger partial charge in [0.1, 0.15) is 0 Å². The number of likely N-dealkylation sites (tertiary alicyclic amines) is 1. The predicted octanol–water partition coefficient (Wildman–Crippen LogP) is 3.17. The first-order valence-electron chi connectivity index (χ1n) is 11.7. The van der Waals surface area contributed by atoms with Crippen LogP contribution in [0.2, 0.25) is 0 Å². The van der Waals surface area contributed by atoms with Gasteiger partial charge >= 0.3 is 0 Å². The Hall–Kier alpha value is -1.59. The first-order chi connectivity index (χ1) is 14.2. The zero-order valence-corrected chi connectivity index (χ0v) is 18.5. The third-order valence-corrected chi connectivity index (χ3v) is 7.14. The van der Waals surface area contributed by atoms with Gasteiger partial charge in [-0.1, -0.05) is 30.7 Å². The van der Waals surface area contributed by atoms with Crippen molar-refractivity contribution in [2.45, 2.75) is 52.1 Å². The number of hydrogen-bond donors (Lipinski definition) is 1. The molecule has 0 bridgehead atoms. The molecule has 29 heavy (non-hydrogen) atoms. The molecule has 4 rings (SSSR count). The second kappa shape index (κ2) is 9.48. The number of aliphatic imine (C=N–C) groups is 1. The van der Waals surface area contributed by atoms with Crippen molar-refractivity contribution >= 4 is 5.96 Å². The molecule has 0 amide bonds. The van der Waals surface area contributed by atoms with E-state index in [-0.39, 0.29) is 0 Å². The van der Waals surface area contributed by atoms with Gasteiger partial charge in [0.05, 0.1) is 6.54 Å². The predicted molar refractivity (Wildman–Crippen MR) is 121 cm³/mol. The van der Waals surface area contributed by atoms with Gasteiger partial charge < -0.3 is 15.1 Å². The Morgan fingerprint density at radius 2 is 1.76 bits per heavy atom. The Labute approximate surface area is 177 Å². The Bertz CT molecular complexity index is 679. The number of rotatable bonds is 5. The largest absolute Gasteiger partial charge is 0.357 e. The van der Waals surface area contributed by atoms with Crippen molar-refractivity contribution in [3.05, 3.63) is 35.4 Å². The summed E-state index contributed by atoms with van der Waals surface area (Å²) in [6, 6.07) is 9.13. The number of hydrogen-bond acceptors (Lipinski definition) is 3. The van der Waals surface area contributed by atoms with E-state index in [9.17, 15) is 0 Å². The van der Waals surface area contributed by atoms with Crippen molar-refractivity contribution < 1.29 is 0 Å². The molecule has 0 radical (unpaired) electrons. The third kappa shape index (κ3) is 5.32. The molecule has 0 unspecified atom stereocenters. The molecule has 160 valence electrons. The van der Waals surface area contributed by atoms with Crippen molar-refractivity contribution in [3.8, 4) is 0 Å². The van der Waals surface area contributed by atoms with Crippen LogP contribution >= 0.6 is 0 Å². The zero-order chi connectivity index (χ0) is 20.1. The van der Waals surface area contributed by atoms with Gasteiger partial charge in [0.25, 0.3) is 0 Å². The highest BCUT2D eigenvalue weighted by molar-refractivity contribution is 5.80. The molecule has 1 aromatic carbocycles. The summed E-state index contributed by atoms with van der Waals surface area (Å²) in [5, 5.41) is 3.52. The Morgan fingerprint density at radius 3 is 2.45 bits per heavy atom. The maximum atomic E-state index is 4.97. The maximum Gasteiger partial charge on any atom is 0.194 e. The van der Waals surface area contributed by atoms with Crippen molar-refractivity contribution in [1.82, 2.24) is 20.0 Å². The Kier molecular flexibility index (Phi) is 6.76. The van der Waals surface area contributed by atoms with Crippen LogP contribution in [0.25, 0.3) is 0 Å². The second-order valence-corrected chi connectivity index (χ2v) is 9.44. The molecule has 0 atom stereocenters. The SMILES string of the molecule is CCNC(=NCc1ccc(CN2CCCN(C)CC2)cc1)N1CCC2(CCC2)C1. The van der Waals surface area contributed by atoms with Gasteiger partial charge in [0.2, 0.25) is 0 Å². The van der Waals surface area contributed by atoms with Gasteiger partial charge in [-0.15, -0.1) is 0 Å². The van der Waals surface area contributed by atoms with E-state index in [4.69, 9.17) is 4.99 Å². The molecule has 3 aliphatic rings.